The van der Waals surface area contributed by atoms with Gasteiger partial charge in [-0.25, -0.2) is 8.78 Å². The van der Waals surface area contributed by atoms with Crippen LogP contribution in [0.25, 0.3) is 0 Å². The standard InChI is InChI=1S/C13H9F2NO2/c14-8-5-6-10(15)9(7-8)13(18)16-11-3-1-2-4-12(11)17/h1-7,17H,(H,16,18). The molecule has 0 radical (unpaired) electrons. The summed E-state index contributed by atoms with van der Waals surface area (Å²) in [5.74, 6) is -2.51. The van der Waals surface area contributed by atoms with Crippen molar-refractivity contribution in [2.75, 3.05) is 5.32 Å². The molecule has 0 fully saturated rings. The van der Waals surface area contributed by atoms with E-state index in [1.165, 1.54) is 12.1 Å². The van der Waals surface area contributed by atoms with Gasteiger partial charge in [-0.15, -0.1) is 0 Å². The van der Waals surface area contributed by atoms with Gasteiger partial charge in [0.05, 0.1) is 11.3 Å². The van der Waals surface area contributed by atoms with Crippen molar-refractivity contribution in [2.24, 2.45) is 0 Å². The fourth-order valence-corrected chi connectivity index (χ4v) is 1.44. The second-order valence-electron chi connectivity index (χ2n) is 3.60. The van der Waals surface area contributed by atoms with E-state index in [1.807, 2.05) is 0 Å². The Morgan fingerprint density at radius 2 is 1.83 bits per heavy atom. The maximum atomic E-state index is 13.3. The van der Waals surface area contributed by atoms with Crippen LogP contribution in [0.15, 0.2) is 42.5 Å². The van der Waals surface area contributed by atoms with Crippen LogP contribution in [0, 0.1) is 11.6 Å². The Morgan fingerprint density at radius 3 is 2.56 bits per heavy atom. The van der Waals surface area contributed by atoms with Crippen LogP contribution >= 0.6 is 0 Å². The lowest BCUT2D eigenvalue weighted by Crippen LogP contribution is -2.14. The lowest BCUT2D eigenvalue weighted by atomic mass is 10.2. The van der Waals surface area contributed by atoms with Crippen molar-refractivity contribution in [1.82, 2.24) is 0 Å². The molecule has 0 bridgehead atoms. The first kappa shape index (κ1) is 12.0. The zero-order valence-corrected chi connectivity index (χ0v) is 9.15. The summed E-state index contributed by atoms with van der Waals surface area (Å²) in [5, 5.41) is 11.7. The second kappa shape index (κ2) is 4.83. The topological polar surface area (TPSA) is 49.3 Å². The molecule has 0 saturated carbocycles. The monoisotopic (exact) mass is 249 g/mol. The van der Waals surface area contributed by atoms with Gasteiger partial charge < -0.3 is 10.4 Å². The number of carbonyl (C=O) groups excluding carboxylic acids is 1. The summed E-state index contributed by atoms with van der Waals surface area (Å²) in [6.07, 6.45) is 0. The van der Waals surface area contributed by atoms with E-state index in [-0.39, 0.29) is 11.4 Å². The smallest absolute Gasteiger partial charge is 0.258 e. The highest BCUT2D eigenvalue weighted by molar-refractivity contribution is 6.05. The average molecular weight is 249 g/mol. The van der Waals surface area contributed by atoms with Gasteiger partial charge in [-0.2, -0.15) is 0 Å². The van der Waals surface area contributed by atoms with Gasteiger partial charge in [0.2, 0.25) is 0 Å². The van der Waals surface area contributed by atoms with Crippen LogP contribution < -0.4 is 5.32 Å². The van der Waals surface area contributed by atoms with Gasteiger partial charge in [-0.05, 0) is 30.3 Å². The largest absolute Gasteiger partial charge is 0.506 e. The summed E-state index contributed by atoms with van der Waals surface area (Å²) in [4.78, 5) is 11.7. The van der Waals surface area contributed by atoms with Gasteiger partial charge in [0.15, 0.2) is 0 Å². The zero-order chi connectivity index (χ0) is 13.1. The number of amides is 1. The predicted octanol–water partition coefficient (Wildman–Crippen LogP) is 2.92. The third kappa shape index (κ3) is 2.45. The molecule has 0 aliphatic carbocycles. The first-order valence-electron chi connectivity index (χ1n) is 5.12. The molecule has 1 amide bonds. The fourth-order valence-electron chi connectivity index (χ4n) is 1.44. The van der Waals surface area contributed by atoms with Crippen molar-refractivity contribution in [3.63, 3.8) is 0 Å². The molecule has 0 aromatic heterocycles. The van der Waals surface area contributed by atoms with E-state index < -0.39 is 23.1 Å². The summed E-state index contributed by atoms with van der Waals surface area (Å²) in [6.45, 7) is 0. The fraction of sp³-hybridized carbons (Fsp3) is 0. The molecule has 2 N–H and O–H groups in total. The third-order valence-corrected chi connectivity index (χ3v) is 2.33. The Balaban J connectivity index is 2.28. The SMILES string of the molecule is O=C(Nc1ccccc1O)c1cc(F)ccc1F. The number of rotatable bonds is 2. The molecule has 0 saturated heterocycles. The summed E-state index contributed by atoms with van der Waals surface area (Å²) < 4.78 is 26.3. The average Bonchev–Trinajstić information content (AvgIpc) is 2.35. The van der Waals surface area contributed by atoms with Crippen molar-refractivity contribution < 1.29 is 18.7 Å². The van der Waals surface area contributed by atoms with Gasteiger partial charge >= 0.3 is 0 Å². The molecule has 0 aliphatic rings. The number of phenols is 1. The normalized spacial score (nSPS) is 10.1. The van der Waals surface area contributed by atoms with Gasteiger partial charge in [-0.1, -0.05) is 12.1 Å². The highest BCUT2D eigenvalue weighted by Gasteiger charge is 2.14. The number of benzene rings is 2. The van der Waals surface area contributed by atoms with Crippen LogP contribution in [-0.2, 0) is 0 Å². The van der Waals surface area contributed by atoms with Crippen molar-refractivity contribution in [3.05, 3.63) is 59.7 Å². The predicted molar refractivity (Wildman–Crippen MR) is 62.4 cm³/mol. The molecule has 0 aliphatic heterocycles. The Hall–Kier alpha value is -2.43. The number of hydrogen-bond donors (Lipinski definition) is 2. The Bertz CT molecular complexity index is 599. The van der Waals surface area contributed by atoms with Crippen LogP contribution in [0.3, 0.4) is 0 Å². The molecule has 3 nitrogen and oxygen atoms in total. The van der Waals surface area contributed by atoms with E-state index in [4.69, 9.17) is 0 Å². The van der Waals surface area contributed by atoms with Gasteiger partial charge in [0.25, 0.3) is 5.91 Å². The van der Waals surface area contributed by atoms with E-state index in [0.717, 1.165) is 18.2 Å². The van der Waals surface area contributed by atoms with E-state index in [9.17, 15) is 18.7 Å². The Kier molecular flexibility index (Phi) is 3.23. The minimum Gasteiger partial charge on any atom is -0.506 e. The van der Waals surface area contributed by atoms with Crippen LogP contribution in [0.5, 0.6) is 5.75 Å². The summed E-state index contributed by atoms with van der Waals surface area (Å²) >= 11 is 0. The molecule has 5 heteroatoms. The number of aromatic hydroxyl groups is 1. The quantitative estimate of drug-likeness (QED) is 0.804. The number of hydrogen-bond acceptors (Lipinski definition) is 2. The first-order valence-corrected chi connectivity index (χ1v) is 5.12. The molecule has 0 unspecified atom stereocenters. The van der Waals surface area contributed by atoms with Gasteiger partial charge in [-0.3, -0.25) is 4.79 Å². The maximum Gasteiger partial charge on any atom is 0.258 e. The highest BCUT2D eigenvalue weighted by Crippen LogP contribution is 2.22. The van der Waals surface area contributed by atoms with Crippen molar-refractivity contribution >= 4 is 11.6 Å². The molecular formula is C13H9F2NO2. The highest BCUT2D eigenvalue weighted by atomic mass is 19.1. The summed E-state index contributed by atoms with van der Waals surface area (Å²) in [6, 6.07) is 8.58. The Labute approximate surface area is 102 Å². The second-order valence-corrected chi connectivity index (χ2v) is 3.60. The number of halogens is 2. The van der Waals surface area contributed by atoms with E-state index in [2.05, 4.69) is 5.32 Å². The number of para-hydroxylation sites is 2. The van der Waals surface area contributed by atoms with E-state index in [1.54, 1.807) is 12.1 Å². The number of nitrogens with one attached hydrogen (secondary N) is 1. The number of carbonyl (C=O) groups is 1. The van der Waals surface area contributed by atoms with E-state index >= 15 is 0 Å². The van der Waals surface area contributed by atoms with Crippen molar-refractivity contribution in [2.45, 2.75) is 0 Å². The molecule has 0 atom stereocenters. The first-order chi connectivity index (χ1) is 8.58. The molecular weight excluding hydrogens is 240 g/mol. The minimum absolute atomic E-state index is 0.131. The Morgan fingerprint density at radius 1 is 1.11 bits per heavy atom. The van der Waals surface area contributed by atoms with Crippen LogP contribution in [0.2, 0.25) is 0 Å². The minimum atomic E-state index is -0.829. The molecule has 0 heterocycles. The molecule has 92 valence electrons. The molecule has 2 rings (SSSR count). The van der Waals surface area contributed by atoms with Crippen LogP contribution in [0.1, 0.15) is 10.4 Å². The maximum absolute atomic E-state index is 13.3. The third-order valence-electron chi connectivity index (χ3n) is 2.33. The lowest BCUT2D eigenvalue weighted by molar-refractivity contribution is 0.102. The zero-order valence-electron chi connectivity index (χ0n) is 9.15. The van der Waals surface area contributed by atoms with Crippen molar-refractivity contribution in [3.8, 4) is 5.75 Å². The van der Waals surface area contributed by atoms with Crippen LogP contribution in [0.4, 0.5) is 14.5 Å². The van der Waals surface area contributed by atoms with E-state index in [0.29, 0.717) is 0 Å². The number of phenolic OH excluding ortho intramolecular Hbond substituents is 1. The number of anilines is 1. The molecule has 18 heavy (non-hydrogen) atoms. The lowest BCUT2D eigenvalue weighted by Gasteiger charge is -2.07. The molecule has 0 spiro atoms. The molecule has 2 aromatic rings. The summed E-state index contributed by atoms with van der Waals surface area (Å²) in [5.41, 5.74) is -0.288. The van der Waals surface area contributed by atoms with Crippen LogP contribution in [-0.4, -0.2) is 11.0 Å². The van der Waals surface area contributed by atoms with Gasteiger partial charge in [0.1, 0.15) is 17.4 Å². The summed E-state index contributed by atoms with van der Waals surface area (Å²) in [7, 11) is 0. The van der Waals surface area contributed by atoms with Crippen molar-refractivity contribution in [1.29, 1.82) is 0 Å². The van der Waals surface area contributed by atoms with Gasteiger partial charge in [0, 0.05) is 0 Å². The molecule has 2 aromatic carbocycles.